The molecule has 45 heavy (non-hydrogen) atoms. The fourth-order valence-corrected chi connectivity index (χ4v) is 8.15. The van der Waals surface area contributed by atoms with E-state index in [1.54, 1.807) is 4.90 Å². The number of allylic oxidation sites excluding steroid dienone is 1. The zero-order chi connectivity index (χ0) is 31.6. The van der Waals surface area contributed by atoms with Gasteiger partial charge in [0.25, 0.3) is 11.8 Å². The van der Waals surface area contributed by atoms with Crippen LogP contribution in [-0.4, -0.2) is 76.1 Å². The van der Waals surface area contributed by atoms with Crippen molar-refractivity contribution in [1.29, 1.82) is 0 Å². The van der Waals surface area contributed by atoms with Gasteiger partial charge in [0.2, 0.25) is 11.8 Å². The fraction of sp³-hybridized carbons (Fsp3) is 0.486. The topological polar surface area (TPSA) is 90.0 Å². The van der Waals surface area contributed by atoms with Crippen molar-refractivity contribution in [2.75, 3.05) is 19.6 Å². The number of carbonyl (C=O) groups excluding carboxylic acids is 4. The van der Waals surface area contributed by atoms with Crippen LogP contribution in [0.25, 0.3) is 5.57 Å². The molecule has 2 bridgehead atoms. The molecule has 0 saturated carbocycles. The van der Waals surface area contributed by atoms with E-state index in [1.165, 1.54) is 27.7 Å². The standard InChI is InChI=1S/C35H38ClFN4O4/c1-35(2)12-11-21(28(15-35)20-3-5-23(36)6-4-20)16-40-24-7-8-25(40)19-39(18-24)33(44)27-13-22-17-41(34(45)26(22)14-29(27)37)30-9-10-31(42)38-32(30)43/h3-6,13-14,24-25,30H,7-12,15-19H2,1-2H3,(H,38,42,43). The number of amides is 4. The highest BCUT2D eigenvalue weighted by Gasteiger charge is 2.44. The molecule has 236 valence electrons. The molecule has 8 nitrogen and oxygen atoms in total. The average molecular weight is 633 g/mol. The zero-order valence-corrected chi connectivity index (χ0v) is 26.5. The normalized spacial score (nSPS) is 26.4. The third kappa shape index (κ3) is 5.58. The number of imide groups is 1. The Balaban J connectivity index is 1.08. The van der Waals surface area contributed by atoms with E-state index in [-0.39, 0.29) is 59.8 Å². The highest BCUT2D eigenvalue weighted by atomic mass is 35.5. The highest BCUT2D eigenvalue weighted by Crippen LogP contribution is 2.44. The number of likely N-dealkylation sites (tertiary alicyclic amines) is 1. The van der Waals surface area contributed by atoms with Gasteiger partial charge < -0.3 is 9.80 Å². The van der Waals surface area contributed by atoms with E-state index in [2.05, 4.69) is 36.2 Å². The molecule has 0 radical (unpaired) electrons. The maximum atomic E-state index is 15.4. The minimum atomic E-state index is -0.793. The molecule has 0 spiro atoms. The number of halogens is 2. The third-order valence-corrected chi connectivity index (χ3v) is 10.8. The summed E-state index contributed by atoms with van der Waals surface area (Å²) in [4.78, 5) is 56.6. The minimum absolute atomic E-state index is 0.0400. The summed E-state index contributed by atoms with van der Waals surface area (Å²) in [7, 11) is 0. The molecule has 1 N–H and O–H groups in total. The lowest BCUT2D eigenvalue weighted by molar-refractivity contribution is -0.136. The van der Waals surface area contributed by atoms with Gasteiger partial charge in [0.15, 0.2) is 0 Å². The number of fused-ring (bicyclic) bond motifs is 3. The number of piperidine rings is 1. The van der Waals surface area contributed by atoms with E-state index < -0.39 is 23.7 Å². The summed E-state index contributed by atoms with van der Waals surface area (Å²) in [5.74, 6) is -2.43. The second-order valence-electron chi connectivity index (χ2n) is 14.1. The first-order valence-electron chi connectivity index (χ1n) is 16.0. The van der Waals surface area contributed by atoms with Crippen LogP contribution in [0.1, 0.15) is 90.6 Å². The summed E-state index contributed by atoms with van der Waals surface area (Å²) in [6.07, 6.45) is 5.53. The van der Waals surface area contributed by atoms with Crippen molar-refractivity contribution in [1.82, 2.24) is 20.0 Å². The van der Waals surface area contributed by atoms with Gasteiger partial charge in [-0.3, -0.25) is 29.4 Å². The van der Waals surface area contributed by atoms with Crippen LogP contribution >= 0.6 is 11.6 Å². The maximum absolute atomic E-state index is 15.4. The number of nitrogens with zero attached hydrogens (tertiary/aromatic N) is 3. The lowest BCUT2D eigenvalue weighted by atomic mass is 9.72. The number of rotatable bonds is 5. The highest BCUT2D eigenvalue weighted by molar-refractivity contribution is 6.30. The number of benzene rings is 2. The van der Waals surface area contributed by atoms with E-state index in [4.69, 9.17) is 11.6 Å². The van der Waals surface area contributed by atoms with Gasteiger partial charge in [-0.1, -0.05) is 43.2 Å². The van der Waals surface area contributed by atoms with Gasteiger partial charge >= 0.3 is 0 Å². The Hall–Kier alpha value is -3.56. The van der Waals surface area contributed by atoms with Gasteiger partial charge in [-0.05, 0) is 84.9 Å². The van der Waals surface area contributed by atoms with Gasteiger partial charge in [0.05, 0.1) is 5.56 Å². The summed E-state index contributed by atoms with van der Waals surface area (Å²) in [6.45, 7) is 6.69. The van der Waals surface area contributed by atoms with Crippen molar-refractivity contribution in [3.63, 3.8) is 0 Å². The summed E-state index contributed by atoms with van der Waals surface area (Å²) in [6, 6.07) is 10.4. The molecule has 1 aliphatic carbocycles. The quantitative estimate of drug-likeness (QED) is 0.458. The number of piperazine rings is 1. The summed E-state index contributed by atoms with van der Waals surface area (Å²) in [5.41, 5.74) is 4.97. The molecular formula is C35H38ClFN4O4. The molecule has 4 heterocycles. The van der Waals surface area contributed by atoms with Gasteiger partial charge in [-0.2, -0.15) is 0 Å². The summed E-state index contributed by atoms with van der Waals surface area (Å²) < 4.78 is 15.4. The maximum Gasteiger partial charge on any atom is 0.256 e. The van der Waals surface area contributed by atoms with Crippen LogP contribution in [-0.2, 0) is 16.1 Å². The Morgan fingerprint density at radius 3 is 2.42 bits per heavy atom. The molecule has 4 aliphatic heterocycles. The first-order chi connectivity index (χ1) is 21.5. The molecule has 0 aromatic heterocycles. The molecule has 5 aliphatic rings. The molecule has 2 aromatic carbocycles. The molecule has 3 atom stereocenters. The zero-order valence-electron chi connectivity index (χ0n) is 25.7. The fourth-order valence-electron chi connectivity index (χ4n) is 8.02. The second kappa shape index (κ2) is 11.4. The van der Waals surface area contributed by atoms with Crippen LogP contribution in [0.15, 0.2) is 42.0 Å². The monoisotopic (exact) mass is 632 g/mol. The van der Waals surface area contributed by atoms with Gasteiger partial charge in [-0.15, -0.1) is 0 Å². The molecule has 7 rings (SSSR count). The van der Waals surface area contributed by atoms with E-state index in [1.807, 2.05) is 12.1 Å². The Morgan fingerprint density at radius 2 is 1.73 bits per heavy atom. The first kappa shape index (κ1) is 30.1. The Kier molecular flexibility index (Phi) is 7.60. The van der Waals surface area contributed by atoms with Crippen LogP contribution in [0, 0.1) is 11.2 Å². The lowest BCUT2D eigenvalue weighted by Gasteiger charge is -2.43. The lowest BCUT2D eigenvalue weighted by Crippen LogP contribution is -2.55. The van der Waals surface area contributed by atoms with E-state index in [9.17, 15) is 19.2 Å². The Bertz CT molecular complexity index is 1620. The van der Waals surface area contributed by atoms with Crippen molar-refractivity contribution in [2.24, 2.45) is 5.41 Å². The molecule has 3 saturated heterocycles. The number of nitrogens with one attached hydrogen (secondary N) is 1. The van der Waals surface area contributed by atoms with Crippen molar-refractivity contribution < 1.29 is 23.6 Å². The smallest absolute Gasteiger partial charge is 0.256 e. The van der Waals surface area contributed by atoms with E-state index in [0.29, 0.717) is 18.7 Å². The van der Waals surface area contributed by atoms with Gasteiger partial charge in [0, 0.05) is 55.3 Å². The predicted octanol–water partition coefficient (Wildman–Crippen LogP) is 5.19. The molecule has 2 aromatic rings. The predicted molar refractivity (Wildman–Crippen MR) is 168 cm³/mol. The number of carbonyl (C=O) groups is 4. The van der Waals surface area contributed by atoms with Crippen molar-refractivity contribution in [2.45, 2.75) is 83.5 Å². The Labute approximate surface area is 267 Å². The molecule has 4 amide bonds. The Morgan fingerprint density at radius 1 is 1.02 bits per heavy atom. The summed E-state index contributed by atoms with van der Waals surface area (Å²) in [5, 5.41) is 3.01. The molecular weight excluding hydrogens is 595 g/mol. The number of hydrogen-bond acceptors (Lipinski definition) is 5. The SMILES string of the molecule is CC1(C)CCC(CN2C3CCC2CN(C(=O)c2cc4c(cc2F)C(=O)N(C2CCC(=O)NC2=O)C4)C3)=C(c2ccc(Cl)cc2)C1. The molecule has 3 fully saturated rings. The first-order valence-corrected chi connectivity index (χ1v) is 16.3. The van der Waals surface area contributed by atoms with E-state index >= 15 is 4.39 Å². The van der Waals surface area contributed by atoms with Crippen LogP contribution in [0.2, 0.25) is 5.02 Å². The van der Waals surface area contributed by atoms with Crippen LogP contribution in [0.3, 0.4) is 0 Å². The molecule has 3 unspecified atom stereocenters. The van der Waals surface area contributed by atoms with Crippen LogP contribution in [0.4, 0.5) is 4.39 Å². The number of hydrogen-bond donors (Lipinski definition) is 1. The van der Waals surface area contributed by atoms with E-state index in [0.717, 1.165) is 49.7 Å². The summed E-state index contributed by atoms with van der Waals surface area (Å²) >= 11 is 6.20. The van der Waals surface area contributed by atoms with Gasteiger partial charge in [-0.25, -0.2) is 4.39 Å². The van der Waals surface area contributed by atoms with Crippen LogP contribution < -0.4 is 5.32 Å². The second-order valence-corrected chi connectivity index (χ2v) is 14.5. The average Bonchev–Trinajstić information content (AvgIpc) is 3.42. The largest absolute Gasteiger partial charge is 0.335 e. The van der Waals surface area contributed by atoms with Crippen molar-refractivity contribution in [3.8, 4) is 0 Å². The minimum Gasteiger partial charge on any atom is -0.335 e. The third-order valence-electron chi connectivity index (χ3n) is 10.5. The van der Waals surface area contributed by atoms with Crippen molar-refractivity contribution in [3.05, 3.63) is 75.1 Å². The molecule has 10 heteroatoms. The van der Waals surface area contributed by atoms with Gasteiger partial charge in [0.1, 0.15) is 11.9 Å². The van der Waals surface area contributed by atoms with Crippen LogP contribution in [0.5, 0.6) is 0 Å². The van der Waals surface area contributed by atoms with Crippen molar-refractivity contribution >= 4 is 40.8 Å².